The molecule has 0 fully saturated rings. The molecule has 0 saturated heterocycles. The van der Waals surface area contributed by atoms with E-state index >= 15 is 0 Å². The lowest BCUT2D eigenvalue weighted by molar-refractivity contribution is 1.17. The highest BCUT2D eigenvalue weighted by Gasteiger charge is 2.18. The van der Waals surface area contributed by atoms with E-state index in [4.69, 9.17) is 0 Å². The van der Waals surface area contributed by atoms with E-state index in [2.05, 4.69) is 99.3 Å². The third-order valence-electron chi connectivity index (χ3n) is 4.58. The van der Waals surface area contributed by atoms with Crippen LogP contribution in [0.1, 0.15) is 22.3 Å². The number of anilines is 3. The molecule has 3 rings (SSSR count). The van der Waals surface area contributed by atoms with Crippen molar-refractivity contribution in [2.24, 2.45) is 0 Å². The summed E-state index contributed by atoms with van der Waals surface area (Å²) in [5, 5.41) is 0. The zero-order valence-corrected chi connectivity index (χ0v) is 14.3. The molecule has 3 aromatic carbocycles. The Kier molecular flexibility index (Phi) is 4.20. The highest BCUT2D eigenvalue weighted by atomic mass is 15.1. The summed E-state index contributed by atoms with van der Waals surface area (Å²) in [7, 11) is 0. The van der Waals surface area contributed by atoms with E-state index < -0.39 is 0 Å². The third kappa shape index (κ3) is 2.87. The van der Waals surface area contributed by atoms with Gasteiger partial charge in [0.25, 0.3) is 0 Å². The molecule has 0 aliphatic heterocycles. The van der Waals surface area contributed by atoms with Gasteiger partial charge in [-0.15, -0.1) is 0 Å². The molecular weight excluding hydrogens is 278 g/mol. The molecule has 116 valence electrons. The van der Waals surface area contributed by atoms with Crippen LogP contribution in [0.3, 0.4) is 0 Å². The van der Waals surface area contributed by atoms with Gasteiger partial charge in [-0.25, -0.2) is 0 Å². The Labute approximate surface area is 139 Å². The lowest BCUT2D eigenvalue weighted by Gasteiger charge is -2.30. The van der Waals surface area contributed by atoms with Crippen molar-refractivity contribution in [3.8, 4) is 0 Å². The first-order chi connectivity index (χ1) is 11.1. The number of rotatable bonds is 3. The van der Waals surface area contributed by atoms with Crippen molar-refractivity contribution < 1.29 is 0 Å². The lowest BCUT2D eigenvalue weighted by atomic mass is 9.97. The van der Waals surface area contributed by atoms with E-state index in [0.29, 0.717) is 0 Å². The van der Waals surface area contributed by atoms with Gasteiger partial charge >= 0.3 is 0 Å². The second-order valence-electron chi connectivity index (χ2n) is 6.12. The molecule has 0 spiro atoms. The van der Waals surface area contributed by atoms with Crippen molar-refractivity contribution in [3.63, 3.8) is 0 Å². The molecular formula is C22H23N. The number of benzene rings is 3. The van der Waals surface area contributed by atoms with E-state index in [0.717, 1.165) is 0 Å². The molecule has 0 radical (unpaired) electrons. The Morgan fingerprint density at radius 1 is 0.565 bits per heavy atom. The molecule has 23 heavy (non-hydrogen) atoms. The number of para-hydroxylation sites is 2. The predicted octanol–water partition coefficient (Wildman–Crippen LogP) is 6.39. The van der Waals surface area contributed by atoms with Crippen LogP contribution in [0.25, 0.3) is 0 Å². The zero-order valence-electron chi connectivity index (χ0n) is 14.3. The van der Waals surface area contributed by atoms with Gasteiger partial charge in [-0.2, -0.15) is 0 Å². The van der Waals surface area contributed by atoms with Gasteiger partial charge in [-0.1, -0.05) is 42.5 Å². The summed E-state index contributed by atoms with van der Waals surface area (Å²) in [6, 6.07) is 23.5. The Balaban J connectivity index is 2.30. The van der Waals surface area contributed by atoms with Crippen LogP contribution in [-0.2, 0) is 0 Å². The van der Waals surface area contributed by atoms with E-state index in [9.17, 15) is 0 Å². The summed E-state index contributed by atoms with van der Waals surface area (Å²) in [5.74, 6) is 0. The first-order valence-corrected chi connectivity index (χ1v) is 8.07. The molecule has 0 bridgehead atoms. The summed E-state index contributed by atoms with van der Waals surface area (Å²) < 4.78 is 0. The van der Waals surface area contributed by atoms with Gasteiger partial charge in [-0.05, 0) is 74.2 Å². The molecule has 1 nitrogen and oxygen atoms in total. The average Bonchev–Trinajstić information content (AvgIpc) is 2.58. The second kappa shape index (κ2) is 6.29. The maximum Gasteiger partial charge on any atom is 0.0525 e. The molecule has 1 heteroatoms. The summed E-state index contributed by atoms with van der Waals surface area (Å²) in [6.45, 7) is 8.82. The SMILES string of the molecule is Cc1cc(C)c(C)c(N(c2ccccc2)c2ccccc2)c1C. The fourth-order valence-corrected chi connectivity index (χ4v) is 3.09. The molecule has 0 unspecified atom stereocenters. The van der Waals surface area contributed by atoms with Gasteiger partial charge in [0.2, 0.25) is 0 Å². The monoisotopic (exact) mass is 301 g/mol. The van der Waals surface area contributed by atoms with Crippen molar-refractivity contribution in [1.82, 2.24) is 0 Å². The Hall–Kier alpha value is -2.54. The number of aryl methyl sites for hydroxylation is 2. The second-order valence-corrected chi connectivity index (χ2v) is 6.12. The Morgan fingerprint density at radius 2 is 0.957 bits per heavy atom. The molecule has 0 saturated carbocycles. The van der Waals surface area contributed by atoms with Gasteiger partial charge in [0.05, 0.1) is 5.69 Å². The Morgan fingerprint density at radius 3 is 1.35 bits per heavy atom. The minimum absolute atomic E-state index is 1.19. The summed E-state index contributed by atoms with van der Waals surface area (Å²) >= 11 is 0. The van der Waals surface area contributed by atoms with Crippen LogP contribution in [0.4, 0.5) is 17.1 Å². The highest BCUT2D eigenvalue weighted by molar-refractivity contribution is 5.81. The van der Waals surface area contributed by atoms with Crippen LogP contribution in [0.15, 0.2) is 66.7 Å². The molecule has 0 aromatic heterocycles. The molecule has 0 N–H and O–H groups in total. The van der Waals surface area contributed by atoms with E-state index in [1.807, 2.05) is 0 Å². The topological polar surface area (TPSA) is 3.24 Å². The van der Waals surface area contributed by atoms with E-state index in [-0.39, 0.29) is 0 Å². The smallest absolute Gasteiger partial charge is 0.0525 e. The van der Waals surface area contributed by atoms with Crippen molar-refractivity contribution in [2.45, 2.75) is 27.7 Å². The molecule has 0 aliphatic carbocycles. The van der Waals surface area contributed by atoms with Crippen LogP contribution >= 0.6 is 0 Å². The van der Waals surface area contributed by atoms with Gasteiger partial charge in [0.1, 0.15) is 0 Å². The van der Waals surface area contributed by atoms with Crippen LogP contribution in [0, 0.1) is 27.7 Å². The molecule has 0 atom stereocenters. The van der Waals surface area contributed by atoms with Crippen LogP contribution < -0.4 is 4.90 Å². The van der Waals surface area contributed by atoms with Crippen molar-refractivity contribution in [1.29, 1.82) is 0 Å². The molecule has 3 aromatic rings. The van der Waals surface area contributed by atoms with Gasteiger partial charge < -0.3 is 4.90 Å². The van der Waals surface area contributed by atoms with Gasteiger partial charge in [0, 0.05) is 11.4 Å². The Bertz CT molecular complexity index is 739. The van der Waals surface area contributed by atoms with Crippen molar-refractivity contribution >= 4 is 17.1 Å². The normalized spacial score (nSPS) is 10.6. The quantitative estimate of drug-likeness (QED) is 0.541. The maximum absolute atomic E-state index is 2.37. The minimum Gasteiger partial charge on any atom is -0.310 e. The third-order valence-corrected chi connectivity index (χ3v) is 4.58. The molecule has 0 aliphatic rings. The van der Waals surface area contributed by atoms with Crippen molar-refractivity contribution in [2.75, 3.05) is 4.90 Å². The fraction of sp³-hybridized carbons (Fsp3) is 0.182. The first kappa shape index (κ1) is 15.4. The minimum atomic E-state index is 1.19. The summed E-state index contributed by atoms with van der Waals surface area (Å²) in [5.41, 5.74) is 9.01. The van der Waals surface area contributed by atoms with Crippen LogP contribution in [0.5, 0.6) is 0 Å². The number of hydrogen-bond acceptors (Lipinski definition) is 1. The largest absolute Gasteiger partial charge is 0.310 e. The van der Waals surface area contributed by atoms with E-state index in [1.165, 1.54) is 39.3 Å². The molecule has 0 heterocycles. The standard InChI is InChI=1S/C22H23N/c1-16-15-17(2)19(4)22(18(16)3)23(20-11-7-5-8-12-20)21-13-9-6-10-14-21/h5-15H,1-4H3. The maximum atomic E-state index is 2.37. The van der Waals surface area contributed by atoms with Crippen LogP contribution in [-0.4, -0.2) is 0 Å². The number of hydrogen-bond donors (Lipinski definition) is 0. The average molecular weight is 301 g/mol. The summed E-state index contributed by atoms with van der Waals surface area (Å²) in [4.78, 5) is 2.37. The summed E-state index contributed by atoms with van der Waals surface area (Å²) in [6.07, 6.45) is 0. The van der Waals surface area contributed by atoms with E-state index in [1.54, 1.807) is 0 Å². The molecule has 0 amide bonds. The first-order valence-electron chi connectivity index (χ1n) is 8.07. The predicted molar refractivity (Wildman–Crippen MR) is 100 cm³/mol. The zero-order chi connectivity index (χ0) is 16.4. The fourth-order valence-electron chi connectivity index (χ4n) is 3.09. The van der Waals surface area contributed by atoms with Gasteiger partial charge in [0.15, 0.2) is 0 Å². The van der Waals surface area contributed by atoms with Gasteiger partial charge in [-0.3, -0.25) is 0 Å². The lowest BCUT2D eigenvalue weighted by Crippen LogP contribution is -2.14. The van der Waals surface area contributed by atoms with Crippen molar-refractivity contribution in [3.05, 3.63) is 89.0 Å². The van der Waals surface area contributed by atoms with Crippen LogP contribution in [0.2, 0.25) is 0 Å². The highest BCUT2D eigenvalue weighted by Crippen LogP contribution is 2.40. The number of nitrogens with zero attached hydrogens (tertiary/aromatic N) is 1.